The van der Waals surface area contributed by atoms with E-state index in [1.807, 2.05) is 0 Å². The predicted molar refractivity (Wildman–Crippen MR) is 44.1 cm³/mol. The van der Waals surface area contributed by atoms with Crippen LogP contribution >= 0.6 is 0 Å². The summed E-state index contributed by atoms with van der Waals surface area (Å²) in [5, 5.41) is 8.79. The molecule has 0 bridgehead atoms. The second-order valence-electron chi connectivity index (χ2n) is 3.04. The second-order valence-corrected chi connectivity index (χ2v) is 3.04. The van der Waals surface area contributed by atoms with Crippen molar-refractivity contribution >= 4 is 0 Å². The van der Waals surface area contributed by atoms with Crippen LogP contribution in [0.5, 0.6) is 0 Å². The van der Waals surface area contributed by atoms with E-state index in [0.29, 0.717) is 0 Å². The number of rotatable bonds is 1. The number of nitrogens with zero attached hydrogens (tertiary/aromatic N) is 3. The van der Waals surface area contributed by atoms with Crippen molar-refractivity contribution in [2.24, 2.45) is 0 Å². The molecule has 1 saturated heterocycles. The maximum Gasteiger partial charge on any atom is 0.111 e. The summed E-state index contributed by atoms with van der Waals surface area (Å²) < 4.78 is 0. The van der Waals surface area contributed by atoms with Gasteiger partial charge in [-0.2, -0.15) is 5.26 Å². The molecule has 0 spiro atoms. The van der Waals surface area contributed by atoms with E-state index >= 15 is 0 Å². The number of hydrogen-bond acceptors (Lipinski definition) is 3. The third kappa shape index (κ3) is 1.92. The summed E-state index contributed by atoms with van der Waals surface area (Å²) in [6, 6.07) is 2.43. The maximum absolute atomic E-state index is 8.79. The monoisotopic (exact) mass is 153 g/mol. The minimum absolute atomic E-state index is 0.110. The van der Waals surface area contributed by atoms with E-state index < -0.39 is 0 Å². The molecule has 1 unspecified atom stereocenters. The van der Waals surface area contributed by atoms with E-state index in [2.05, 4.69) is 29.8 Å². The van der Waals surface area contributed by atoms with Gasteiger partial charge in [0.15, 0.2) is 0 Å². The average molecular weight is 153 g/mol. The minimum atomic E-state index is 0.110. The Labute approximate surface area is 68.2 Å². The Bertz CT molecular complexity index is 161. The molecule has 0 amide bonds. The first-order valence-electron chi connectivity index (χ1n) is 4.10. The molecule has 1 aliphatic heterocycles. The second kappa shape index (κ2) is 3.70. The van der Waals surface area contributed by atoms with E-state index in [1.54, 1.807) is 0 Å². The molecule has 0 aromatic heterocycles. The van der Waals surface area contributed by atoms with Crippen LogP contribution in [0.2, 0.25) is 0 Å². The molecule has 1 aliphatic rings. The summed E-state index contributed by atoms with van der Waals surface area (Å²) in [7, 11) is 2.07. The summed E-state index contributed by atoms with van der Waals surface area (Å²) in [4.78, 5) is 4.43. The van der Waals surface area contributed by atoms with Gasteiger partial charge in [-0.05, 0) is 13.6 Å². The molecule has 0 N–H and O–H groups in total. The highest BCUT2D eigenvalue weighted by atomic mass is 15.3. The van der Waals surface area contributed by atoms with Gasteiger partial charge >= 0.3 is 0 Å². The summed E-state index contributed by atoms with van der Waals surface area (Å²) in [6.07, 6.45) is 0. The van der Waals surface area contributed by atoms with Gasteiger partial charge in [0, 0.05) is 19.6 Å². The molecule has 3 heteroatoms. The first-order valence-corrected chi connectivity index (χ1v) is 4.10. The lowest BCUT2D eigenvalue weighted by Crippen LogP contribution is -2.50. The number of piperazine rings is 1. The van der Waals surface area contributed by atoms with Gasteiger partial charge in [-0.1, -0.05) is 6.92 Å². The molecule has 1 rings (SSSR count). The standard InChI is InChI=1S/C8H15N3/c1-3-11-5-4-10(2)7-8(11)6-9/h8H,3-5,7H2,1-2H3. The van der Waals surface area contributed by atoms with Crippen LogP contribution in [0, 0.1) is 11.3 Å². The third-order valence-electron chi connectivity index (χ3n) is 2.25. The van der Waals surface area contributed by atoms with Crippen molar-refractivity contribution in [2.75, 3.05) is 33.2 Å². The van der Waals surface area contributed by atoms with E-state index in [1.165, 1.54) is 0 Å². The van der Waals surface area contributed by atoms with Crippen LogP contribution in [-0.4, -0.2) is 49.1 Å². The smallest absolute Gasteiger partial charge is 0.111 e. The predicted octanol–water partition coefficient (Wildman–Crippen LogP) is 0.146. The van der Waals surface area contributed by atoms with Crippen LogP contribution in [0.4, 0.5) is 0 Å². The third-order valence-corrected chi connectivity index (χ3v) is 2.25. The molecule has 1 heterocycles. The SMILES string of the molecule is CCN1CCN(C)CC1C#N. The Kier molecular flexibility index (Phi) is 2.86. The fourth-order valence-corrected chi connectivity index (χ4v) is 1.46. The van der Waals surface area contributed by atoms with Crippen molar-refractivity contribution in [3.63, 3.8) is 0 Å². The number of hydrogen-bond donors (Lipinski definition) is 0. The number of nitriles is 1. The van der Waals surface area contributed by atoms with Gasteiger partial charge in [-0.15, -0.1) is 0 Å². The largest absolute Gasteiger partial charge is 0.302 e. The van der Waals surface area contributed by atoms with Crippen LogP contribution in [-0.2, 0) is 0 Å². The summed E-state index contributed by atoms with van der Waals surface area (Å²) in [5.74, 6) is 0. The Balaban J connectivity index is 2.50. The van der Waals surface area contributed by atoms with Crippen molar-refractivity contribution < 1.29 is 0 Å². The van der Waals surface area contributed by atoms with Crippen molar-refractivity contribution in [1.29, 1.82) is 5.26 Å². The van der Waals surface area contributed by atoms with Gasteiger partial charge in [-0.25, -0.2) is 0 Å². The normalized spacial score (nSPS) is 28.3. The first-order chi connectivity index (χ1) is 5.27. The van der Waals surface area contributed by atoms with Crippen molar-refractivity contribution in [3.05, 3.63) is 0 Å². The highest BCUT2D eigenvalue weighted by Crippen LogP contribution is 2.06. The summed E-state index contributed by atoms with van der Waals surface area (Å²) in [5.41, 5.74) is 0. The lowest BCUT2D eigenvalue weighted by atomic mass is 10.2. The molecular formula is C8H15N3. The average Bonchev–Trinajstić information content (AvgIpc) is 2.04. The molecule has 11 heavy (non-hydrogen) atoms. The van der Waals surface area contributed by atoms with Crippen LogP contribution in [0.3, 0.4) is 0 Å². The zero-order valence-corrected chi connectivity index (χ0v) is 7.25. The topological polar surface area (TPSA) is 30.3 Å². The van der Waals surface area contributed by atoms with Crippen molar-refractivity contribution in [1.82, 2.24) is 9.80 Å². The van der Waals surface area contributed by atoms with Gasteiger partial charge in [0.1, 0.15) is 6.04 Å². The van der Waals surface area contributed by atoms with Crippen molar-refractivity contribution in [2.45, 2.75) is 13.0 Å². The van der Waals surface area contributed by atoms with Gasteiger partial charge in [0.05, 0.1) is 6.07 Å². The van der Waals surface area contributed by atoms with Gasteiger partial charge in [0.25, 0.3) is 0 Å². The molecular weight excluding hydrogens is 138 g/mol. The zero-order chi connectivity index (χ0) is 8.27. The fourth-order valence-electron chi connectivity index (χ4n) is 1.46. The van der Waals surface area contributed by atoms with Crippen LogP contribution in [0.25, 0.3) is 0 Å². The lowest BCUT2D eigenvalue weighted by Gasteiger charge is -2.35. The Morgan fingerprint density at radius 1 is 1.55 bits per heavy atom. The quantitative estimate of drug-likeness (QED) is 0.537. The highest BCUT2D eigenvalue weighted by molar-refractivity contribution is 4.96. The molecule has 1 atom stereocenters. The van der Waals surface area contributed by atoms with Gasteiger partial charge < -0.3 is 4.90 Å². The van der Waals surface area contributed by atoms with Gasteiger partial charge in [0.2, 0.25) is 0 Å². The van der Waals surface area contributed by atoms with Gasteiger partial charge in [-0.3, -0.25) is 4.90 Å². The molecule has 62 valence electrons. The first kappa shape index (κ1) is 8.51. The fraction of sp³-hybridized carbons (Fsp3) is 0.875. The Morgan fingerprint density at radius 2 is 2.27 bits per heavy atom. The summed E-state index contributed by atoms with van der Waals surface area (Å²) >= 11 is 0. The Hall–Kier alpha value is -0.590. The van der Waals surface area contributed by atoms with Crippen LogP contribution < -0.4 is 0 Å². The highest BCUT2D eigenvalue weighted by Gasteiger charge is 2.22. The Morgan fingerprint density at radius 3 is 2.82 bits per heavy atom. The molecule has 3 nitrogen and oxygen atoms in total. The lowest BCUT2D eigenvalue weighted by molar-refractivity contribution is 0.125. The molecule has 0 aliphatic carbocycles. The summed E-state index contributed by atoms with van der Waals surface area (Å²) in [6.45, 7) is 6.11. The molecule has 0 saturated carbocycles. The maximum atomic E-state index is 8.79. The molecule has 1 fully saturated rings. The molecule has 0 radical (unpaired) electrons. The zero-order valence-electron chi connectivity index (χ0n) is 7.25. The number of likely N-dealkylation sites (N-methyl/N-ethyl adjacent to an activating group) is 2. The molecule has 0 aromatic carbocycles. The van der Waals surface area contributed by atoms with E-state index in [4.69, 9.17) is 5.26 Å². The van der Waals surface area contributed by atoms with Crippen molar-refractivity contribution in [3.8, 4) is 6.07 Å². The minimum Gasteiger partial charge on any atom is -0.302 e. The van der Waals surface area contributed by atoms with Crippen LogP contribution in [0.1, 0.15) is 6.92 Å². The van der Waals surface area contributed by atoms with E-state index in [0.717, 1.165) is 26.2 Å². The van der Waals surface area contributed by atoms with E-state index in [9.17, 15) is 0 Å². The van der Waals surface area contributed by atoms with Crippen LogP contribution in [0.15, 0.2) is 0 Å². The van der Waals surface area contributed by atoms with E-state index in [-0.39, 0.29) is 6.04 Å². The molecule has 0 aromatic rings.